The van der Waals surface area contributed by atoms with Gasteiger partial charge in [-0.15, -0.1) is 0 Å². The largest absolute Gasteiger partial charge is 0.497 e. The van der Waals surface area contributed by atoms with Gasteiger partial charge in [0, 0.05) is 27.1 Å². The van der Waals surface area contributed by atoms with Gasteiger partial charge in [0.15, 0.2) is 0 Å². The summed E-state index contributed by atoms with van der Waals surface area (Å²) < 4.78 is 11.6. The number of nitrogens with one attached hydrogen (secondary N) is 2. The maximum absolute atomic E-state index is 12.8. The fourth-order valence-corrected chi connectivity index (χ4v) is 3.17. The lowest BCUT2D eigenvalue weighted by Gasteiger charge is -2.18. The molecule has 0 saturated carbocycles. The molecule has 0 aliphatic carbocycles. The molecule has 0 unspecified atom stereocenters. The summed E-state index contributed by atoms with van der Waals surface area (Å²) in [6, 6.07) is 11.1. The van der Waals surface area contributed by atoms with Crippen LogP contribution in [0.5, 0.6) is 11.5 Å². The lowest BCUT2D eigenvalue weighted by molar-refractivity contribution is 0.0941. The summed E-state index contributed by atoms with van der Waals surface area (Å²) in [5, 5.41) is 3.90. The van der Waals surface area contributed by atoms with Crippen LogP contribution in [0.3, 0.4) is 0 Å². The van der Waals surface area contributed by atoms with Crippen molar-refractivity contribution in [3.63, 3.8) is 0 Å². The number of hydrogen-bond donors (Lipinski definition) is 2. The van der Waals surface area contributed by atoms with Crippen LogP contribution in [0.2, 0.25) is 0 Å². The molecule has 2 N–H and O–H groups in total. The first-order chi connectivity index (χ1) is 12.0. The van der Waals surface area contributed by atoms with Gasteiger partial charge in [-0.25, -0.2) is 0 Å². The fourth-order valence-electron chi connectivity index (χ4n) is 2.81. The van der Waals surface area contributed by atoms with Crippen LogP contribution in [0.25, 0.3) is 10.9 Å². The van der Waals surface area contributed by atoms with Crippen molar-refractivity contribution in [2.24, 2.45) is 0 Å². The first-order valence-electron chi connectivity index (χ1n) is 7.83. The molecule has 0 bridgehead atoms. The van der Waals surface area contributed by atoms with E-state index in [-0.39, 0.29) is 11.9 Å². The van der Waals surface area contributed by atoms with Crippen molar-refractivity contribution in [1.82, 2.24) is 10.3 Å². The zero-order chi connectivity index (χ0) is 18.0. The zero-order valence-electron chi connectivity index (χ0n) is 14.2. The normalized spacial score (nSPS) is 12.0. The number of carbonyl (C=O) groups excluding carboxylic acids is 1. The van der Waals surface area contributed by atoms with E-state index in [0.717, 1.165) is 20.9 Å². The van der Waals surface area contributed by atoms with Gasteiger partial charge in [0.25, 0.3) is 5.91 Å². The topological polar surface area (TPSA) is 63.4 Å². The van der Waals surface area contributed by atoms with Crippen molar-refractivity contribution in [3.05, 3.63) is 58.2 Å². The lowest BCUT2D eigenvalue weighted by atomic mass is 10.1. The van der Waals surface area contributed by atoms with E-state index in [1.165, 1.54) is 0 Å². The number of hydrogen-bond acceptors (Lipinski definition) is 3. The third-order valence-corrected chi connectivity index (χ3v) is 4.63. The molecule has 0 spiro atoms. The molecule has 3 rings (SSSR count). The van der Waals surface area contributed by atoms with E-state index in [1.807, 2.05) is 43.3 Å². The highest BCUT2D eigenvalue weighted by atomic mass is 79.9. The Balaban J connectivity index is 1.88. The summed E-state index contributed by atoms with van der Waals surface area (Å²) in [4.78, 5) is 15.9. The molecule has 0 fully saturated rings. The predicted molar refractivity (Wildman–Crippen MR) is 101 cm³/mol. The minimum Gasteiger partial charge on any atom is -0.497 e. The first-order valence-corrected chi connectivity index (χ1v) is 8.62. The van der Waals surface area contributed by atoms with Gasteiger partial charge in [-0.05, 0) is 43.3 Å². The molecule has 25 heavy (non-hydrogen) atoms. The number of ether oxygens (including phenoxy) is 2. The Kier molecular flexibility index (Phi) is 4.99. The van der Waals surface area contributed by atoms with Crippen molar-refractivity contribution in [2.75, 3.05) is 14.2 Å². The van der Waals surface area contributed by atoms with Crippen molar-refractivity contribution in [1.29, 1.82) is 0 Å². The standard InChI is InChI=1S/C19H19BrN2O3/c1-11(14-9-13(24-2)5-7-18(14)25-3)22-19(23)16-10-21-17-6-4-12(20)8-15(16)17/h4-11,21H,1-3H3,(H,22,23)/t11-/m0/s1. The van der Waals surface area contributed by atoms with Crippen LogP contribution < -0.4 is 14.8 Å². The number of halogens is 1. The second-order valence-electron chi connectivity index (χ2n) is 5.70. The average Bonchev–Trinajstić information content (AvgIpc) is 3.04. The predicted octanol–water partition coefficient (Wildman–Crippen LogP) is 4.44. The number of aromatic amines is 1. The molecule has 0 aliphatic heterocycles. The molecule has 5 nitrogen and oxygen atoms in total. The third kappa shape index (κ3) is 3.49. The van der Waals surface area contributed by atoms with Gasteiger partial charge in [-0.3, -0.25) is 4.79 Å². The van der Waals surface area contributed by atoms with Gasteiger partial charge in [-0.1, -0.05) is 15.9 Å². The Morgan fingerprint density at radius 3 is 2.68 bits per heavy atom. The molecule has 130 valence electrons. The van der Waals surface area contributed by atoms with Crippen LogP contribution in [-0.4, -0.2) is 25.1 Å². The molecular formula is C19H19BrN2O3. The van der Waals surface area contributed by atoms with Gasteiger partial charge in [0.2, 0.25) is 0 Å². The summed E-state index contributed by atoms with van der Waals surface area (Å²) in [6.07, 6.45) is 1.72. The summed E-state index contributed by atoms with van der Waals surface area (Å²) in [7, 11) is 3.22. The van der Waals surface area contributed by atoms with E-state index in [2.05, 4.69) is 26.2 Å². The van der Waals surface area contributed by atoms with Gasteiger partial charge in [-0.2, -0.15) is 0 Å². The summed E-state index contributed by atoms with van der Waals surface area (Å²) in [5.74, 6) is 1.27. The summed E-state index contributed by atoms with van der Waals surface area (Å²) in [5.41, 5.74) is 2.38. The second kappa shape index (κ2) is 7.19. The van der Waals surface area contributed by atoms with Gasteiger partial charge >= 0.3 is 0 Å². The Hall–Kier alpha value is -2.47. The summed E-state index contributed by atoms with van der Waals surface area (Å²) in [6.45, 7) is 1.92. The van der Waals surface area contributed by atoms with E-state index in [0.29, 0.717) is 17.1 Å². The Bertz CT molecular complexity index is 920. The van der Waals surface area contributed by atoms with E-state index >= 15 is 0 Å². The van der Waals surface area contributed by atoms with Crippen molar-refractivity contribution >= 4 is 32.7 Å². The van der Waals surface area contributed by atoms with Crippen LogP contribution in [0.4, 0.5) is 0 Å². The van der Waals surface area contributed by atoms with Crippen molar-refractivity contribution < 1.29 is 14.3 Å². The number of fused-ring (bicyclic) bond motifs is 1. The number of carbonyl (C=O) groups is 1. The molecule has 0 saturated heterocycles. The molecule has 1 amide bonds. The van der Waals surface area contributed by atoms with Crippen LogP contribution in [-0.2, 0) is 0 Å². The maximum Gasteiger partial charge on any atom is 0.253 e. The smallest absolute Gasteiger partial charge is 0.253 e. The minimum absolute atomic E-state index is 0.151. The monoisotopic (exact) mass is 402 g/mol. The highest BCUT2D eigenvalue weighted by Gasteiger charge is 2.18. The lowest BCUT2D eigenvalue weighted by Crippen LogP contribution is -2.26. The first kappa shape index (κ1) is 17.4. The van der Waals surface area contributed by atoms with Crippen molar-refractivity contribution in [3.8, 4) is 11.5 Å². The van der Waals surface area contributed by atoms with Gasteiger partial charge in [0.1, 0.15) is 11.5 Å². The van der Waals surface area contributed by atoms with E-state index in [9.17, 15) is 4.79 Å². The molecule has 6 heteroatoms. The Morgan fingerprint density at radius 1 is 1.16 bits per heavy atom. The number of aromatic nitrogens is 1. The molecule has 1 atom stereocenters. The van der Waals surface area contributed by atoms with E-state index < -0.39 is 0 Å². The number of H-pyrrole nitrogens is 1. The van der Waals surface area contributed by atoms with Crippen LogP contribution >= 0.6 is 15.9 Å². The molecule has 1 aromatic heterocycles. The molecule has 2 aromatic carbocycles. The average molecular weight is 403 g/mol. The highest BCUT2D eigenvalue weighted by Crippen LogP contribution is 2.30. The SMILES string of the molecule is COc1ccc(OC)c([C@H](C)NC(=O)c2c[nH]c3ccc(Br)cc23)c1. The van der Waals surface area contributed by atoms with Crippen molar-refractivity contribution in [2.45, 2.75) is 13.0 Å². The zero-order valence-corrected chi connectivity index (χ0v) is 15.8. The van der Waals surface area contributed by atoms with Crippen LogP contribution in [0.15, 0.2) is 47.1 Å². The quantitative estimate of drug-likeness (QED) is 0.662. The van der Waals surface area contributed by atoms with Gasteiger partial charge < -0.3 is 19.8 Å². The minimum atomic E-state index is -0.241. The summed E-state index contributed by atoms with van der Waals surface area (Å²) >= 11 is 3.45. The molecule has 0 aliphatic rings. The van der Waals surface area contributed by atoms with Gasteiger partial charge in [0.05, 0.1) is 25.8 Å². The van der Waals surface area contributed by atoms with Crippen LogP contribution in [0.1, 0.15) is 28.9 Å². The molecule has 3 aromatic rings. The molecular weight excluding hydrogens is 384 g/mol. The molecule has 1 heterocycles. The Labute approximate surface area is 154 Å². The second-order valence-corrected chi connectivity index (χ2v) is 6.61. The van der Waals surface area contributed by atoms with E-state index in [1.54, 1.807) is 20.4 Å². The maximum atomic E-state index is 12.8. The van der Waals surface area contributed by atoms with Crippen LogP contribution in [0, 0.1) is 0 Å². The Morgan fingerprint density at radius 2 is 1.96 bits per heavy atom. The number of benzene rings is 2. The number of methoxy groups -OCH3 is 2. The third-order valence-electron chi connectivity index (χ3n) is 4.14. The fraction of sp³-hybridized carbons (Fsp3) is 0.211. The highest BCUT2D eigenvalue weighted by molar-refractivity contribution is 9.10. The van der Waals surface area contributed by atoms with E-state index in [4.69, 9.17) is 9.47 Å². The molecule has 0 radical (unpaired) electrons. The number of rotatable bonds is 5. The number of amides is 1.